The molecule has 1 aromatic carbocycles. The van der Waals surface area contributed by atoms with Crippen LogP contribution in [0, 0.1) is 10.1 Å². The first kappa shape index (κ1) is 16.7. The fraction of sp³-hybridized carbons (Fsp3) is 0.333. The molecular weight excluding hydrogens is 300 g/mol. The highest BCUT2D eigenvalue weighted by Crippen LogP contribution is 2.28. The fourth-order valence-corrected chi connectivity index (χ4v) is 1.69. The van der Waals surface area contributed by atoms with E-state index in [9.17, 15) is 19.7 Å². The molecule has 0 bridgehead atoms. The van der Waals surface area contributed by atoms with E-state index >= 15 is 0 Å². The summed E-state index contributed by atoms with van der Waals surface area (Å²) >= 11 is 5.75. The number of rotatable bonds is 6. The number of non-ortho nitro benzene ring substituents is 1. The molecule has 2 amide bonds. The fourth-order valence-electron chi connectivity index (χ4n) is 1.48. The van der Waals surface area contributed by atoms with Crippen LogP contribution in [0.15, 0.2) is 12.1 Å². The van der Waals surface area contributed by atoms with Gasteiger partial charge in [-0.05, 0) is 6.42 Å². The number of anilines is 1. The zero-order valence-corrected chi connectivity index (χ0v) is 12.1. The minimum Gasteiger partial charge on any atom is -0.397 e. The first-order chi connectivity index (χ1) is 9.86. The number of nitrogen functional groups attached to an aromatic ring is 1. The highest BCUT2D eigenvalue weighted by atomic mass is 35.5. The Bertz CT molecular complexity index is 577. The minimum atomic E-state index is -0.704. The van der Waals surface area contributed by atoms with E-state index in [1.165, 1.54) is 0 Å². The van der Waals surface area contributed by atoms with Gasteiger partial charge in [-0.2, -0.15) is 0 Å². The summed E-state index contributed by atoms with van der Waals surface area (Å²) in [5.41, 5.74) is 5.05. The summed E-state index contributed by atoms with van der Waals surface area (Å²) in [5.74, 6) is -1.06. The van der Waals surface area contributed by atoms with Crippen molar-refractivity contribution in [2.45, 2.75) is 13.3 Å². The molecule has 0 aliphatic heterocycles. The van der Waals surface area contributed by atoms with Crippen molar-refractivity contribution in [3.05, 3.63) is 32.8 Å². The molecule has 21 heavy (non-hydrogen) atoms. The lowest BCUT2D eigenvalue weighted by Crippen LogP contribution is -2.37. The van der Waals surface area contributed by atoms with Crippen LogP contribution in [0.3, 0.4) is 0 Å². The lowest BCUT2D eigenvalue weighted by atomic mass is 10.1. The molecule has 0 aliphatic carbocycles. The van der Waals surface area contributed by atoms with E-state index in [-0.39, 0.29) is 34.4 Å². The number of carbonyl (C=O) groups is 2. The van der Waals surface area contributed by atoms with Gasteiger partial charge in [0.2, 0.25) is 5.91 Å². The topological polar surface area (TPSA) is 127 Å². The molecule has 0 radical (unpaired) electrons. The van der Waals surface area contributed by atoms with Gasteiger partial charge in [0.15, 0.2) is 0 Å². The van der Waals surface area contributed by atoms with Gasteiger partial charge in [-0.1, -0.05) is 18.5 Å². The standard InChI is InChI=1S/C12H15ClN4O4/c1-2-3-15-10(18)6-16-12(19)8-4-7(17(20)21)5-9(13)11(8)14/h4-5H,2-3,6,14H2,1H3,(H,15,18)(H,16,19). The van der Waals surface area contributed by atoms with Crippen LogP contribution in [-0.4, -0.2) is 29.8 Å². The predicted octanol–water partition coefficient (Wildman–Crippen LogP) is 1.09. The van der Waals surface area contributed by atoms with Crippen LogP contribution in [0.2, 0.25) is 5.02 Å². The van der Waals surface area contributed by atoms with Gasteiger partial charge in [0, 0.05) is 18.7 Å². The third-order valence-corrected chi connectivity index (χ3v) is 2.86. The maximum Gasteiger partial charge on any atom is 0.271 e. The number of carbonyl (C=O) groups excluding carboxylic acids is 2. The van der Waals surface area contributed by atoms with Crippen LogP contribution in [0.5, 0.6) is 0 Å². The number of nitrogens with two attached hydrogens (primary N) is 1. The summed E-state index contributed by atoms with van der Waals surface area (Å²) in [6.45, 7) is 2.14. The number of nitro benzene ring substituents is 1. The zero-order chi connectivity index (χ0) is 16.0. The molecule has 0 atom stereocenters. The first-order valence-electron chi connectivity index (χ1n) is 6.15. The second-order valence-corrected chi connectivity index (χ2v) is 4.59. The molecule has 1 rings (SSSR count). The molecule has 0 aliphatic rings. The summed E-state index contributed by atoms with van der Waals surface area (Å²) in [5, 5.41) is 15.5. The summed E-state index contributed by atoms with van der Waals surface area (Å²) in [6, 6.07) is 2.07. The van der Waals surface area contributed by atoms with Crippen LogP contribution in [0.4, 0.5) is 11.4 Å². The summed E-state index contributed by atoms with van der Waals surface area (Å²) < 4.78 is 0. The molecule has 0 unspecified atom stereocenters. The zero-order valence-electron chi connectivity index (χ0n) is 11.3. The van der Waals surface area contributed by atoms with Crippen molar-refractivity contribution in [2.75, 3.05) is 18.8 Å². The van der Waals surface area contributed by atoms with Crippen molar-refractivity contribution in [3.8, 4) is 0 Å². The van der Waals surface area contributed by atoms with Crippen LogP contribution in [0.1, 0.15) is 23.7 Å². The Balaban J connectivity index is 2.82. The summed E-state index contributed by atoms with van der Waals surface area (Å²) in [7, 11) is 0. The third-order valence-electron chi connectivity index (χ3n) is 2.55. The summed E-state index contributed by atoms with van der Waals surface area (Å²) in [4.78, 5) is 33.3. The van der Waals surface area contributed by atoms with Gasteiger partial charge < -0.3 is 16.4 Å². The number of nitrogens with zero attached hydrogens (tertiary/aromatic N) is 1. The van der Waals surface area contributed by atoms with Gasteiger partial charge in [0.25, 0.3) is 11.6 Å². The molecule has 0 spiro atoms. The van der Waals surface area contributed by atoms with Gasteiger partial charge in [-0.25, -0.2) is 0 Å². The van der Waals surface area contributed by atoms with Crippen LogP contribution in [-0.2, 0) is 4.79 Å². The van der Waals surface area contributed by atoms with Gasteiger partial charge >= 0.3 is 0 Å². The average Bonchev–Trinajstić information content (AvgIpc) is 2.44. The number of nitrogens with one attached hydrogen (secondary N) is 2. The molecule has 0 heterocycles. The van der Waals surface area contributed by atoms with Gasteiger partial charge in [-0.3, -0.25) is 19.7 Å². The predicted molar refractivity (Wildman–Crippen MR) is 78.2 cm³/mol. The highest BCUT2D eigenvalue weighted by molar-refractivity contribution is 6.34. The molecular formula is C12H15ClN4O4. The Morgan fingerprint density at radius 3 is 2.62 bits per heavy atom. The molecule has 1 aromatic rings. The second kappa shape index (κ2) is 7.44. The second-order valence-electron chi connectivity index (χ2n) is 4.18. The Morgan fingerprint density at radius 2 is 2.05 bits per heavy atom. The van der Waals surface area contributed by atoms with Crippen molar-refractivity contribution < 1.29 is 14.5 Å². The van der Waals surface area contributed by atoms with E-state index in [0.717, 1.165) is 18.6 Å². The lowest BCUT2D eigenvalue weighted by molar-refractivity contribution is -0.384. The maximum absolute atomic E-state index is 11.9. The molecule has 4 N–H and O–H groups in total. The molecule has 0 saturated carbocycles. The summed E-state index contributed by atoms with van der Waals surface area (Å²) in [6.07, 6.45) is 0.771. The number of amides is 2. The van der Waals surface area contributed by atoms with E-state index in [0.29, 0.717) is 6.54 Å². The minimum absolute atomic E-state index is 0.0752. The van der Waals surface area contributed by atoms with E-state index in [2.05, 4.69) is 10.6 Å². The van der Waals surface area contributed by atoms with Crippen molar-refractivity contribution in [3.63, 3.8) is 0 Å². The molecule has 9 heteroatoms. The maximum atomic E-state index is 11.9. The number of benzene rings is 1. The molecule has 0 fully saturated rings. The van der Waals surface area contributed by atoms with Crippen molar-refractivity contribution in [1.29, 1.82) is 0 Å². The molecule has 0 saturated heterocycles. The molecule has 0 aromatic heterocycles. The average molecular weight is 315 g/mol. The Hall–Kier alpha value is -2.35. The van der Waals surface area contributed by atoms with Crippen molar-refractivity contribution >= 4 is 34.8 Å². The first-order valence-corrected chi connectivity index (χ1v) is 6.53. The van der Waals surface area contributed by atoms with Gasteiger partial charge in [0.1, 0.15) is 0 Å². The highest BCUT2D eigenvalue weighted by Gasteiger charge is 2.19. The van der Waals surface area contributed by atoms with Crippen LogP contribution < -0.4 is 16.4 Å². The van der Waals surface area contributed by atoms with Crippen LogP contribution in [0.25, 0.3) is 0 Å². The smallest absolute Gasteiger partial charge is 0.271 e. The number of nitro groups is 1. The Morgan fingerprint density at radius 1 is 1.38 bits per heavy atom. The normalized spacial score (nSPS) is 10.0. The Kier molecular flexibility index (Phi) is 5.92. The van der Waals surface area contributed by atoms with E-state index < -0.39 is 10.8 Å². The third kappa shape index (κ3) is 4.60. The van der Waals surface area contributed by atoms with Crippen molar-refractivity contribution in [2.24, 2.45) is 0 Å². The SMILES string of the molecule is CCCNC(=O)CNC(=O)c1cc([N+](=O)[O-])cc(Cl)c1N. The quantitative estimate of drug-likeness (QED) is 0.411. The monoisotopic (exact) mass is 314 g/mol. The Labute approximate surface area is 125 Å². The lowest BCUT2D eigenvalue weighted by Gasteiger charge is -2.09. The largest absolute Gasteiger partial charge is 0.397 e. The van der Waals surface area contributed by atoms with Gasteiger partial charge in [0.05, 0.1) is 27.7 Å². The number of hydrogen-bond donors (Lipinski definition) is 3. The van der Waals surface area contributed by atoms with Crippen molar-refractivity contribution in [1.82, 2.24) is 10.6 Å². The number of halogens is 1. The van der Waals surface area contributed by atoms with Gasteiger partial charge in [-0.15, -0.1) is 0 Å². The van der Waals surface area contributed by atoms with E-state index in [4.69, 9.17) is 17.3 Å². The number of hydrogen-bond acceptors (Lipinski definition) is 5. The molecule has 8 nitrogen and oxygen atoms in total. The molecule has 114 valence electrons. The van der Waals surface area contributed by atoms with E-state index in [1.54, 1.807) is 0 Å². The van der Waals surface area contributed by atoms with Crippen LogP contribution >= 0.6 is 11.6 Å². The van der Waals surface area contributed by atoms with E-state index in [1.807, 2.05) is 6.92 Å².